The Kier molecular flexibility index (Phi) is 7.39. The monoisotopic (exact) mass is 382 g/mol. The predicted molar refractivity (Wildman–Crippen MR) is 99.4 cm³/mol. The van der Waals surface area contributed by atoms with Crippen molar-refractivity contribution in [3.05, 3.63) is 68.4 Å². The molecule has 0 spiro atoms. The Balaban J connectivity index is 1.88. The summed E-state index contributed by atoms with van der Waals surface area (Å²) in [5.41, 5.74) is -0.0464. The third-order valence-electron chi connectivity index (χ3n) is 3.34. The number of thiophene rings is 1. The molecular formula is C17H19ClN2O4S. The number of nitro groups is 1. The number of rotatable bonds is 10. The molecule has 0 bridgehead atoms. The third kappa shape index (κ3) is 6.47. The topological polar surface area (TPSA) is 75.8 Å². The maximum Gasteiger partial charge on any atom is 0.273 e. The van der Waals surface area contributed by atoms with Gasteiger partial charge in [0.15, 0.2) is 0 Å². The molecule has 0 radical (unpaired) electrons. The zero-order chi connectivity index (χ0) is 18.2. The van der Waals surface area contributed by atoms with Crippen molar-refractivity contribution >= 4 is 28.6 Å². The summed E-state index contributed by atoms with van der Waals surface area (Å²) in [4.78, 5) is 13.4. The first-order valence-corrected chi connectivity index (χ1v) is 8.80. The van der Waals surface area contributed by atoms with E-state index in [0.717, 1.165) is 9.21 Å². The molecule has 1 atom stereocenters. The Labute approximate surface area is 155 Å². The average molecular weight is 383 g/mol. The van der Waals surface area contributed by atoms with Crippen molar-refractivity contribution in [2.24, 2.45) is 0 Å². The first-order chi connectivity index (χ1) is 12.0. The van der Waals surface area contributed by atoms with Crippen molar-refractivity contribution in [2.45, 2.75) is 12.6 Å². The summed E-state index contributed by atoms with van der Waals surface area (Å²) < 4.78 is 6.19. The highest BCUT2D eigenvalue weighted by Gasteiger charge is 2.14. The molecule has 0 fully saturated rings. The minimum atomic E-state index is -0.741. The molecule has 1 heterocycles. The molecule has 6 nitrogen and oxygen atoms in total. The van der Waals surface area contributed by atoms with Gasteiger partial charge in [-0.05, 0) is 18.2 Å². The molecule has 1 N–H and O–H groups in total. The van der Waals surface area contributed by atoms with Gasteiger partial charge in [-0.1, -0.05) is 23.7 Å². The van der Waals surface area contributed by atoms with Crippen LogP contribution in [0.25, 0.3) is 0 Å². The van der Waals surface area contributed by atoms with Crippen LogP contribution >= 0.6 is 22.9 Å². The zero-order valence-corrected chi connectivity index (χ0v) is 15.1. The number of nitrogens with zero attached hydrogens (tertiary/aromatic N) is 2. The third-order valence-corrected chi connectivity index (χ3v) is 4.55. The van der Waals surface area contributed by atoms with Gasteiger partial charge in [-0.25, -0.2) is 0 Å². The van der Waals surface area contributed by atoms with E-state index in [2.05, 4.69) is 6.58 Å². The van der Waals surface area contributed by atoms with Crippen molar-refractivity contribution in [2.75, 3.05) is 19.7 Å². The molecule has 0 saturated heterocycles. The summed E-state index contributed by atoms with van der Waals surface area (Å²) in [6, 6.07) is 9.69. The maximum atomic E-state index is 10.8. The van der Waals surface area contributed by atoms with E-state index in [1.165, 1.54) is 23.5 Å². The van der Waals surface area contributed by atoms with Crippen molar-refractivity contribution in [1.29, 1.82) is 0 Å². The molecule has 0 saturated carbocycles. The van der Waals surface area contributed by atoms with E-state index in [0.29, 0.717) is 25.4 Å². The Hall–Kier alpha value is -1.93. The van der Waals surface area contributed by atoms with Gasteiger partial charge in [-0.15, -0.1) is 17.9 Å². The average Bonchev–Trinajstić information content (AvgIpc) is 2.98. The molecule has 1 aromatic carbocycles. The van der Waals surface area contributed by atoms with Crippen molar-refractivity contribution in [3.63, 3.8) is 0 Å². The number of ether oxygens (including phenoxy) is 1. The second-order valence-electron chi connectivity index (χ2n) is 5.41. The quantitative estimate of drug-likeness (QED) is 0.385. The molecule has 25 heavy (non-hydrogen) atoms. The van der Waals surface area contributed by atoms with Crippen LogP contribution in [0.5, 0.6) is 5.75 Å². The zero-order valence-electron chi connectivity index (χ0n) is 13.5. The summed E-state index contributed by atoms with van der Waals surface area (Å²) in [6.07, 6.45) is 1.03. The van der Waals surface area contributed by atoms with Crippen LogP contribution < -0.4 is 4.74 Å². The van der Waals surface area contributed by atoms with E-state index in [9.17, 15) is 15.2 Å². The highest BCUT2D eigenvalue weighted by molar-refractivity contribution is 7.16. The Bertz CT molecular complexity index is 722. The van der Waals surface area contributed by atoms with Crippen molar-refractivity contribution in [3.8, 4) is 5.75 Å². The van der Waals surface area contributed by atoms with Gasteiger partial charge in [0.2, 0.25) is 0 Å². The van der Waals surface area contributed by atoms with E-state index in [-0.39, 0.29) is 12.3 Å². The number of hydrogen-bond donors (Lipinski definition) is 1. The van der Waals surface area contributed by atoms with Gasteiger partial charge < -0.3 is 9.84 Å². The fourth-order valence-corrected chi connectivity index (χ4v) is 3.40. The molecule has 0 aliphatic heterocycles. The van der Waals surface area contributed by atoms with Gasteiger partial charge in [0, 0.05) is 30.6 Å². The van der Waals surface area contributed by atoms with Gasteiger partial charge in [0.1, 0.15) is 18.5 Å². The van der Waals surface area contributed by atoms with Crippen LogP contribution in [0, 0.1) is 10.1 Å². The number of aliphatic hydroxyl groups is 1. The normalized spacial score (nSPS) is 12.1. The summed E-state index contributed by atoms with van der Waals surface area (Å²) in [5, 5.41) is 21.0. The van der Waals surface area contributed by atoms with Crippen molar-refractivity contribution < 1.29 is 14.8 Å². The van der Waals surface area contributed by atoms with Crippen LogP contribution in [-0.4, -0.2) is 40.7 Å². The van der Waals surface area contributed by atoms with Crippen LogP contribution in [-0.2, 0) is 6.54 Å². The highest BCUT2D eigenvalue weighted by atomic mass is 35.5. The molecule has 0 aliphatic carbocycles. The predicted octanol–water partition coefficient (Wildman–Crippen LogP) is 3.74. The molecule has 2 rings (SSSR count). The smallest absolute Gasteiger partial charge is 0.273 e. The summed E-state index contributed by atoms with van der Waals surface area (Å²) >= 11 is 7.44. The van der Waals surface area contributed by atoms with Crippen LogP contribution in [0.3, 0.4) is 0 Å². The summed E-state index contributed by atoms with van der Waals surface area (Å²) in [6.45, 7) is 5.42. The fraction of sp³-hybridized carbons (Fsp3) is 0.294. The first-order valence-electron chi connectivity index (χ1n) is 7.60. The number of aliphatic hydroxyl groups excluding tert-OH is 1. The van der Waals surface area contributed by atoms with E-state index in [4.69, 9.17) is 16.3 Å². The minimum Gasteiger partial charge on any atom is -0.491 e. The van der Waals surface area contributed by atoms with Crippen molar-refractivity contribution in [1.82, 2.24) is 4.90 Å². The lowest BCUT2D eigenvalue weighted by Gasteiger charge is -2.23. The number of hydrogen-bond acceptors (Lipinski definition) is 6. The van der Waals surface area contributed by atoms with Gasteiger partial charge in [-0.3, -0.25) is 15.0 Å². The van der Waals surface area contributed by atoms with E-state index >= 15 is 0 Å². The largest absolute Gasteiger partial charge is 0.491 e. The lowest BCUT2D eigenvalue weighted by molar-refractivity contribution is -0.384. The number of nitro benzene ring substituents is 1. The maximum absolute atomic E-state index is 10.8. The van der Waals surface area contributed by atoms with Gasteiger partial charge >= 0.3 is 0 Å². The molecule has 2 aromatic rings. The van der Waals surface area contributed by atoms with Crippen LogP contribution in [0.2, 0.25) is 4.34 Å². The lowest BCUT2D eigenvalue weighted by atomic mass is 10.3. The Morgan fingerprint density at radius 2 is 2.24 bits per heavy atom. The molecule has 0 aliphatic rings. The first kappa shape index (κ1) is 19.4. The van der Waals surface area contributed by atoms with Crippen LogP contribution in [0.15, 0.2) is 49.1 Å². The van der Waals surface area contributed by atoms with E-state index in [1.54, 1.807) is 18.2 Å². The molecule has 1 unspecified atom stereocenters. The molecule has 8 heteroatoms. The highest BCUT2D eigenvalue weighted by Crippen LogP contribution is 2.23. The standard InChI is InChI=1S/C17H19ClN2O4S/c1-2-8-19(11-16-6-7-17(18)25-16)10-14(21)12-24-15-5-3-4-13(9-15)20(22)23/h2-7,9,14,21H,1,8,10-12H2. The van der Waals surface area contributed by atoms with E-state index < -0.39 is 11.0 Å². The number of benzene rings is 1. The fourth-order valence-electron chi connectivity index (χ4n) is 2.27. The Morgan fingerprint density at radius 1 is 1.44 bits per heavy atom. The van der Waals surface area contributed by atoms with Gasteiger partial charge in [0.05, 0.1) is 15.3 Å². The molecule has 134 valence electrons. The SMILES string of the molecule is C=CCN(Cc1ccc(Cl)s1)CC(O)COc1cccc([N+](=O)[O-])c1. The second-order valence-corrected chi connectivity index (χ2v) is 7.21. The minimum absolute atomic E-state index is 0.0417. The lowest BCUT2D eigenvalue weighted by Crippen LogP contribution is -2.35. The van der Waals surface area contributed by atoms with E-state index in [1.807, 2.05) is 17.0 Å². The molecular weight excluding hydrogens is 364 g/mol. The van der Waals surface area contributed by atoms with Crippen LogP contribution in [0.4, 0.5) is 5.69 Å². The van der Waals surface area contributed by atoms with Crippen LogP contribution in [0.1, 0.15) is 4.88 Å². The second kappa shape index (κ2) is 9.53. The summed E-state index contributed by atoms with van der Waals surface area (Å²) in [7, 11) is 0. The molecule has 0 amide bonds. The number of halogens is 1. The van der Waals surface area contributed by atoms with Gasteiger partial charge in [-0.2, -0.15) is 0 Å². The Morgan fingerprint density at radius 3 is 2.88 bits per heavy atom. The summed E-state index contributed by atoms with van der Waals surface area (Å²) in [5.74, 6) is 0.355. The van der Waals surface area contributed by atoms with Gasteiger partial charge in [0.25, 0.3) is 5.69 Å². The number of non-ortho nitro benzene ring substituents is 1. The molecule has 1 aromatic heterocycles.